The number of halogens is 2. The van der Waals surface area contributed by atoms with Gasteiger partial charge in [-0.15, -0.1) is 11.3 Å². The van der Waals surface area contributed by atoms with E-state index in [2.05, 4.69) is 10.6 Å². The average Bonchev–Trinajstić information content (AvgIpc) is 3.68. The Balaban J connectivity index is 1.83. The Morgan fingerprint density at radius 1 is 1.02 bits per heavy atom. The lowest BCUT2D eigenvalue weighted by Gasteiger charge is -2.30. The number of anilines is 1. The van der Waals surface area contributed by atoms with Gasteiger partial charge in [0.05, 0.1) is 16.6 Å². The summed E-state index contributed by atoms with van der Waals surface area (Å²) in [6.45, 7) is 4.75. The highest BCUT2D eigenvalue weighted by Crippen LogP contribution is 2.26. The summed E-state index contributed by atoms with van der Waals surface area (Å²) in [5, 5.41) is 25.6. The van der Waals surface area contributed by atoms with Crippen molar-refractivity contribution in [3.05, 3.63) is 52.9 Å². The van der Waals surface area contributed by atoms with Crippen LogP contribution < -0.4 is 16.0 Å². The summed E-state index contributed by atoms with van der Waals surface area (Å²) in [6, 6.07) is 4.15. The molecular formula is C31H36F2N4O10S. The van der Waals surface area contributed by atoms with Gasteiger partial charge in [0.2, 0.25) is 17.6 Å². The van der Waals surface area contributed by atoms with E-state index in [0.29, 0.717) is 16.9 Å². The van der Waals surface area contributed by atoms with Crippen molar-refractivity contribution in [3.8, 4) is 0 Å². The molecule has 1 aliphatic rings. The van der Waals surface area contributed by atoms with Crippen molar-refractivity contribution >= 4 is 57.9 Å². The fourth-order valence-electron chi connectivity index (χ4n) is 4.84. The molecule has 0 radical (unpaired) electrons. The molecule has 1 saturated heterocycles. The Morgan fingerprint density at radius 2 is 1.69 bits per heavy atom. The Morgan fingerprint density at radius 3 is 2.27 bits per heavy atom. The van der Waals surface area contributed by atoms with Crippen molar-refractivity contribution < 1.29 is 57.3 Å². The number of benzene rings is 1. The zero-order valence-corrected chi connectivity index (χ0v) is 27.1. The number of nitrogens with one attached hydrogen (secondary N) is 3. The predicted octanol–water partition coefficient (Wildman–Crippen LogP) is 3.07. The third-order valence-corrected chi connectivity index (χ3v) is 7.91. The van der Waals surface area contributed by atoms with Gasteiger partial charge < -0.3 is 35.8 Å². The largest absolute Gasteiger partial charge is 0.481 e. The number of aliphatic carboxylic acids is 1. The molecule has 5 N–H and O–H groups in total. The maximum atomic E-state index is 15.4. The molecular weight excluding hydrogens is 658 g/mol. The number of ether oxygens (including phenoxy) is 1. The molecule has 1 unspecified atom stereocenters. The van der Waals surface area contributed by atoms with Gasteiger partial charge in [0.15, 0.2) is 0 Å². The van der Waals surface area contributed by atoms with Crippen molar-refractivity contribution in [2.45, 2.75) is 82.5 Å². The molecule has 1 fully saturated rings. The molecule has 260 valence electrons. The zero-order chi connectivity index (χ0) is 35.8. The van der Waals surface area contributed by atoms with E-state index in [1.165, 1.54) is 12.1 Å². The second-order valence-corrected chi connectivity index (χ2v) is 12.9. The van der Waals surface area contributed by atoms with E-state index >= 15 is 8.78 Å². The van der Waals surface area contributed by atoms with Crippen LogP contribution in [0.3, 0.4) is 0 Å². The number of carboxylic acids is 2. The van der Waals surface area contributed by atoms with Crippen molar-refractivity contribution in [1.82, 2.24) is 15.5 Å². The molecule has 1 aromatic heterocycles. The van der Waals surface area contributed by atoms with Crippen LogP contribution in [0.5, 0.6) is 0 Å². The normalized spacial score (nSPS) is 15.9. The van der Waals surface area contributed by atoms with Crippen LogP contribution in [0.4, 0.5) is 18.6 Å². The molecule has 1 aromatic carbocycles. The second kappa shape index (κ2) is 15.8. The molecule has 2 aromatic rings. The molecule has 4 amide bonds. The SMILES string of the molecule is CC(C)(C)OC(=O)N[C@@H](CCC(=O)O)C(=O)N1CCC[C@H]1C(=O)NC(Cc1ccccc1)C(=O)C(F)(F)C(=O)Nc1cc(C(=O)O)cs1. The number of hydrogen-bond acceptors (Lipinski definition) is 9. The standard InChI is InChI=1S/C31H36F2N4O10S/c1-30(2,3)47-29(46)35-19(11-12-23(38)39)26(42)37-13-7-10-21(37)25(41)34-20(14-17-8-5-4-6-9-17)24(40)31(32,33)28(45)36-22-15-18(16-48-22)27(43)44/h4-6,8-9,15-16,19-21H,7,10-14H2,1-3H3,(H,34,41)(H,35,46)(H,36,45)(H,38,39)(H,43,44)/t19-,20?,21-/m0/s1. The van der Waals surface area contributed by atoms with Crippen LogP contribution in [-0.2, 0) is 35.1 Å². The van der Waals surface area contributed by atoms with Crippen LogP contribution in [0.1, 0.15) is 62.4 Å². The quantitative estimate of drug-likeness (QED) is 0.183. The highest BCUT2D eigenvalue weighted by molar-refractivity contribution is 7.14. The highest BCUT2D eigenvalue weighted by Gasteiger charge is 2.51. The molecule has 3 atom stereocenters. The molecule has 48 heavy (non-hydrogen) atoms. The van der Waals surface area contributed by atoms with Crippen LogP contribution in [0.25, 0.3) is 0 Å². The first kappa shape index (κ1) is 37.5. The number of alkyl halides is 2. The number of carbonyl (C=O) groups excluding carboxylic acids is 5. The van der Waals surface area contributed by atoms with E-state index in [9.17, 15) is 38.7 Å². The topological polar surface area (TPSA) is 209 Å². The predicted molar refractivity (Wildman–Crippen MR) is 167 cm³/mol. The first-order valence-electron chi connectivity index (χ1n) is 14.8. The highest BCUT2D eigenvalue weighted by atomic mass is 32.1. The zero-order valence-electron chi connectivity index (χ0n) is 26.3. The number of likely N-dealkylation sites (tertiary alicyclic amines) is 1. The number of hydrogen-bond donors (Lipinski definition) is 5. The van der Waals surface area contributed by atoms with Gasteiger partial charge in [-0.1, -0.05) is 30.3 Å². The van der Waals surface area contributed by atoms with Crippen LogP contribution in [0.15, 0.2) is 41.8 Å². The average molecular weight is 695 g/mol. The summed E-state index contributed by atoms with van der Waals surface area (Å²) in [5.41, 5.74) is -0.835. The van der Waals surface area contributed by atoms with Gasteiger partial charge in [-0.25, -0.2) is 9.59 Å². The number of nitrogens with zero attached hydrogens (tertiary/aromatic N) is 1. The summed E-state index contributed by atoms with van der Waals surface area (Å²) in [7, 11) is 0. The summed E-state index contributed by atoms with van der Waals surface area (Å²) in [6.07, 6.45) is -1.95. The van der Waals surface area contributed by atoms with Crippen molar-refractivity contribution in [2.75, 3.05) is 11.9 Å². The van der Waals surface area contributed by atoms with Crippen LogP contribution in [0.2, 0.25) is 0 Å². The van der Waals surface area contributed by atoms with Gasteiger partial charge in [0.1, 0.15) is 17.7 Å². The summed E-state index contributed by atoms with van der Waals surface area (Å²) in [5.74, 6) is -13.1. The number of rotatable bonds is 14. The number of aromatic carboxylic acids is 1. The minimum absolute atomic E-state index is 0.00546. The molecule has 1 aliphatic heterocycles. The Bertz CT molecular complexity index is 1540. The first-order chi connectivity index (χ1) is 22.4. The summed E-state index contributed by atoms with van der Waals surface area (Å²) < 4.78 is 35.9. The van der Waals surface area contributed by atoms with Gasteiger partial charge in [0.25, 0.3) is 0 Å². The maximum Gasteiger partial charge on any atom is 0.408 e. The molecule has 3 rings (SSSR count). The van der Waals surface area contributed by atoms with E-state index in [4.69, 9.17) is 9.84 Å². The van der Waals surface area contributed by atoms with Crippen molar-refractivity contribution in [1.29, 1.82) is 0 Å². The number of carboxylic acid groups (broad SMARTS) is 2. The number of thiophene rings is 1. The fraction of sp³-hybridized carbons (Fsp3) is 0.452. The van der Waals surface area contributed by atoms with E-state index in [1.54, 1.807) is 39.0 Å². The molecule has 0 bridgehead atoms. The van der Waals surface area contributed by atoms with Crippen molar-refractivity contribution in [3.63, 3.8) is 0 Å². The minimum atomic E-state index is -4.68. The number of alkyl carbamates (subject to hydrolysis) is 1. The van der Waals surface area contributed by atoms with Crippen molar-refractivity contribution in [2.24, 2.45) is 0 Å². The van der Waals surface area contributed by atoms with Gasteiger partial charge in [-0.3, -0.25) is 24.0 Å². The number of ketones is 1. The lowest BCUT2D eigenvalue weighted by Crippen LogP contribution is -2.58. The first-order valence-corrected chi connectivity index (χ1v) is 15.7. The molecule has 2 heterocycles. The lowest BCUT2D eigenvalue weighted by molar-refractivity contribution is -0.157. The fourth-order valence-corrected chi connectivity index (χ4v) is 5.61. The van der Waals surface area contributed by atoms with E-state index in [1.807, 2.05) is 5.32 Å². The molecule has 17 heteroatoms. The Labute approximate surface area is 277 Å². The van der Waals surface area contributed by atoms with E-state index in [-0.39, 0.29) is 36.4 Å². The van der Waals surface area contributed by atoms with Gasteiger partial charge >= 0.3 is 29.9 Å². The lowest BCUT2D eigenvalue weighted by atomic mass is 9.97. The van der Waals surface area contributed by atoms with E-state index in [0.717, 1.165) is 16.3 Å². The van der Waals surface area contributed by atoms with E-state index < -0.39 is 84.0 Å². The number of Topliss-reactive ketones (excluding diaryl/α,β-unsaturated/α-hetero) is 1. The second-order valence-electron chi connectivity index (χ2n) is 12.0. The molecule has 0 saturated carbocycles. The Hall–Kier alpha value is -4.93. The third-order valence-electron chi connectivity index (χ3n) is 7.07. The monoisotopic (exact) mass is 694 g/mol. The molecule has 0 spiro atoms. The number of amides is 4. The van der Waals surface area contributed by atoms with Crippen LogP contribution >= 0.6 is 11.3 Å². The van der Waals surface area contributed by atoms with Crippen LogP contribution in [0, 0.1) is 0 Å². The number of carbonyl (C=O) groups is 7. The smallest absolute Gasteiger partial charge is 0.408 e. The minimum Gasteiger partial charge on any atom is -0.481 e. The van der Waals surface area contributed by atoms with Crippen LogP contribution in [-0.4, -0.2) is 92.8 Å². The molecule has 14 nitrogen and oxygen atoms in total. The molecule has 0 aliphatic carbocycles. The maximum absolute atomic E-state index is 15.4. The Kier molecular flexibility index (Phi) is 12.3. The summed E-state index contributed by atoms with van der Waals surface area (Å²) >= 11 is 0.657. The third kappa shape index (κ3) is 10.3. The van der Waals surface area contributed by atoms with Gasteiger partial charge in [0, 0.05) is 24.8 Å². The van der Waals surface area contributed by atoms with Gasteiger partial charge in [-0.2, -0.15) is 8.78 Å². The van der Waals surface area contributed by atoms with Gasteiger partial charge in [-0.05, 0) is 51.7 Å². The summed E-state index contributed by atoms with van der Waals surface area (Å²) in [4.78, 5) is 88.8.